The normalized spacial score (nSPS) is 11.4. The number of rotatable bonds is 11. The van der Waals surface area contributed by atoms with Crippen molar-refractivity contribution in [1.29, 1.82) is 0 Å². The Labute approximate surface area is 204 Å². The third kappa shape index (κ3) is 13.4. The topological polar surface area (TPSA) is 95.9 Å². The van der Waals surface area contributed by atoms with E-state index in [0.717, 1.165) is 31.6 Å². The highest BCUT2D eigenvalue weighted by atomic mass is 19.4. The number of aryl methyl sites for hydroxylation is 1. The highest BCUT2D eigenvalue weighted by Gasteiger charge is 2.38. The molecule has 0 bridgehead atoms. The zero-order valence-corrected chi connectivity index (χ0v) is 20.3. The number of benzene rings is 2. The van der Waals surface area contributed by atoms with Crippen molar-refractivity contribution in [1.82, 2.24) is 5.32 Å². The number of alkyl halides is 3. The molecule has 0 unspecified atom stereocenters. The average Bonchev–Trinajstić information content (AvgIpc) is 2.76. The fourth-order valence-corrected chi connectivity index (χ4v) is 2.99. The van der Waals surface area contributed by atoms with Gasteiger partial charge in [-0.25, -0.2) is 4.79 Å². The number of nitrogens with one attached hydrogen (secondary N) is 1. The molecule has 0 aliphatic heterocycles. The van der Waals surface area contributed by atoms with Gasteiger partial charge in [0.05, 0.1) is 13.0 Å². The van der Waals surface area contributed by atoms with Crippen LogP contribution in [-0.2, 0) is 27.8 Å². The molecule has 9 heteroatoms. The molecular weight excluding hydrogens is 463 g/mol. The van der Waals surface area contributed by atoms with Crippen molar-refractivity contribution in [2.45, 2.75) is 58.0 Å². The molecule has 0 fully saturated rings. The van der Waals surface area contributed by atoms with Gasteiger partial charge in [0.15, 0.2) is 0 Å². The van der Waals surface area contributed by atoms with Crippen LogP contribution in [-0.4, -0.2) is 48.0 Å². The largest absolute Gasteiger partial charge is 0.493 e. The van der Waals surface area contributed by atoms with Gasteiger partial charge in [-0.15, -0.1) is 0 Å². The molecule has 0 spiro atoms. The summed E-state index contributed by atoms with van der Waals surface area (Å²) in [6.45, 7) is 8.69. The zero-order valence-electron chi connectivity index (χ0n) is 20.3. The molecule has 6 nitrogen and oxygen atoms in total. The molecule has 35 heavy (non-hydrogen) atoms. The first-order valence-corrected chi connectivity index (χ1v) is 11.3. The average molecular weight is 498 g/mol. The van der Waals surface area contributed by atoms with Crippen LogP contribution < -0.4 is 10.1 Å². The molecule has 2 aromatic rings. The van der Waals surface area contributed by atoms with Crippen LogP contribution in [0.3, 0.4) is 0 Å². The number of carbonyl (C=O) groups is 2. The summed E-state index contributed by atoms with van der Waals surface area (Å²) in [5.74, 6) is -2.61. The van der Waals surface area contributed by atoms with Gasteiger partial charge in [0.25, 0.3) is 0 Å². The first kappa shape index (κ1) is 30.0. The summed E-state index contributed by atoms with van der Waals surface area (Å²) in [4.78, 5) is 19.4. The SMILES string of the molecule is CC(C)(C)c1ccc(CCOc2cccc(CCCNCCC(=O)O)c2)cc1.O=C(O)C(F)(F)F. The number of carboxylic acid groups (broad SMARTS) is 2. The monoisotopic (exact) mass is 497 g/mol. The van der Waals surface area contributed by atoms with E-state index in [0.29, 0.717) is 13.2 Å². The lowest BCUT2D eigenvalue weighted by Gasteiger charge is -2.19. The van der Waals surface area contributed by atoms with Gasteiger partial charge in [-0.3, -0.25) is 4.79 Å². The molecule has 0 aliphatic carbocycles. The molecule has 0 atom stereocenters. The summed E-state index contributed by atoms with van der Waals surface area (Å²) in [5.41, 5.74) is 4.06. The van der Waals surface area contributed by atoms with Gasteiger partial charge in [0.2, 0.25) is 0 Å². The van der Waals surface area contributed by atoms with Crippen LogP contribution in [0.15, 0.2) is 48.5 Å². The maximum absolute atomic E-state index is 10.6. The maximum atomic E-state index is 10.6. The van der Waals surface area contributed by atoms with E-state index in [2.05, 4.69) is 62.5 Å². The lowest BCUT2D eigenvalue weighted by atomic mass is 9.86. The van der Waals surface area contributed by atoms with Gasteiger partial charge >= 0.3 is 18.1 Å². The fourth-order valence-electron chi connectivity index (χ4n) is 2.99. The van der Waals surface area contributed by atoms with Gasteiger partial charge in [-0.2, -0.15) is 13.2 Å². The van der Waals surface area contributed by atoms with E-state index in [1.807, 2.05) is 12.1 Å². The Balaban J connectivity index is 0.000000762. The van der Waals surface area contributed by atoms with Gasteiger partial charge in [-0.05, 0) is 53.6 Å². The van der Waals surface area contributed by atoms with Crippen LogP contribution in [0.25, 0.3) is 0 Å². The minimum atomic E-state index is -5.08. The highest BCUT2D eigenvalue weighted by molar-refractivity contribution is 5.73. The van der Waals surface area contributed by atoms with Crippen molar-refractivity contribution in [2.75, 3.05) is 19.7 Å². The third-order valence-electron chi connectivity index (χ3n) is 4.96. The Bertz CT molecular complexity index is 922. The van der Waals surface area contributed by atoms with Gasteiger partial charge in [0.1, 0.15) is 5.75 Å². The van der Waals surface area contributed by atoms with E-state index in [-0.39, 0.29) is 11.8 Å². The molecule has 0 radical (unpaired) electrons. The van der Waals surface area contributed by atoms with Crippen LogP contribution in [0.2, 0.25) is 0 Å². The Morgan fingerprint density at radius 2 is 1.54 bits per heavy atom. The van der Waals surface area contributed by atoms with Crippen molar-refractivity contribution in [3.8, 4) is 5.75 Å². The first-order chi connectivity index (χ1) is 16.3. The maximum Gasteiger partial charge on any atom is 0.490 e. The van der Waals surface area contributed by atoms with E-state index in [4.69, 9.17) is 19.7 Å². The molecule has 0 saturated carbocycles. The lowest BCUT2D eigenvalue weighted by Crippen LogP contribution is -2.21. The van der Waals surface area contributed by atoms with E-state index < -0.39 is 18.1 Å². The second-order valence-corrected chi connectivity index (χ2v) is 8.99. The van der Waals surface area contributed by atoms with E-state index in [1.54, 1.807) is 0 Å². The number of carboxylic acids is 2. The Morgan fingerprint density at radius 3 is 2.09 bits per heavy atom. The molecule has 0 heterocycles. The van der Waals surface area contributed by atoms with Crippen LogP contribution in [0.1, 0.15) is 50.3 Å². The van der Waals surface area contributed by atoms with Crippen LogP contribution in [0, 0.1) is 0 Å². The quantitative estimate of drug-likeness (QED) is 0.368. The highest BCUT2D eigenvalue weighted by Crippen LogP contribution is 2.22. The minimum absolute atomic E-state index is 0.169. The lowest BCUT2D eigenvalue weighted by molar-refractivity contribution is -0.192. The summed E-state index contributed by atoms with van der Waals surface area (Å²) in [6.07, 6.45) is -2.10. The first-order valence-electron chi connectivity index (χ1n) is 11.3. The van der Waals surface area contributed by atoms with Crippen molar-refractivity contribution in [3.63, 3.8) is 0 Å². The molecule has 2 rings (SSSR count). The molecule has 0 amide bonds. The van der Waals surface area contributed by atoms with E-state index in [1.165, 1.54) is 16.7 Å². The van der Waals surface area contributed by atoms with Gasteiger partial charge in [0, 0.05) is 13.0 Å². The molecule has 0 aromatic heterocycles. The molecule has 0 aliphatic rings. The number of hydrogen-bond donors (Lipinski definition) is 3. The Kier molecular flexibility index (Phi) is 12.3. The molecule has 0 saturated heterocycles. The summed E-state index contributed by atoms with van der Waals surface area (Å²) in [5, 5.41) is 18.9. The van der Waals surface area contributed by atoms with E-state index >= 15 is 0 Å². The van der Waals surface area contributed by atoms with Crippen molar-refractivity contribution >= 4 is 11.9 Å². The Hall–Kier alpha value is -3.07. The fraction of sp³-hybridized carbons (Fsp3) is 0.462. The van der Waals surface area contributed by atoms with Gasteiger partial charge < -0.3 is 20.3 Å². The van der Waals surface area contributed by atoms with Crippen LogP contribution in [0.4, 0.5) is 13.2 Å². The minimum Gasteiger partial charge on any atom is -0.493 e. The Morgan fingerprint density at radius 1 is 0.914 bits per heavy atom. The summed E-state index contributed by atoms with van der Waals surface area (Å²) in [7, 11) is 0. The number of aliphatic carboxylic acids is 2. The summed E-state index contributed by atoms with van der Waals surface area (Å²) >= 11 is 0. The van der Waals surface area contributed by atoms with E-state index in [9.17, 15) is 18.0 Å². The van der Waals surface area contributed by atoms with Crippen molar-refractivity contribution in [3.05, 3.63) is 65.2 Å². The molecular formula is C26H34F3NO5. The smallest absolute Gasteiger partial charge is 0.490 e. The number of halogens is 3. The summed E-state index contributed by atoms with van der Waals surface area (Å²) in [6, 6.07) is 17.0. The molecule has 3 N–H and O–H groups in total. The molecule has 2 aromatic carbocycles. The second-order valence-electron chi connectivity index (χ2n) is 8.99. The van der Waals surface area contributed by atoms with Crippen LogP contribution >= 0.6 is 0 Å². The predicted molar refractivity (Wildman–Crippen MR) is 128 cm³/mol. The third-order valence-corrected chi connectivity index (χ3v) is 4.96. The summed E-state index contributed by atoms with van der Waals surface area (Å²) < 4.78 is 37.7. The zero-order chi connectivity index (χ0) is 26.5. The standard InChI is InChI=1S/C24H33NO3.C2HF3O2/c1-24(2,3)21-11-9-19(10-12-21)14-17-28-22-8-4-6-20(18-22)7-5-15-25-16-13-23(26)27;3-2(4,5)1(6)7/h4,6,8-12,18,25H,5,7,13-17H2,1-3H3,(H,26,27);(H,6,7). The van der Waals surface area contributed by atoms with Crippen molar-refractivity contribution < 1.29 is 37.7 Å². The van der Waals surface area contributed by atoms with Gasteiger partial charge in [-0.1, -0.05) is 57.2 Å². The molecule has 194 valence electrons. The van der Waals surface area contributed by atoms with Crippen molar-refractivity contribution in [2.24, 2.45) is 0 Å². The number of ether oxygens (including phenoxy) is 1. The van der Waals surface area contributed by atoms with Crippen LogP contribution in [0.5, 0.6) is 5.75 Å². The predicted octanol–water partition coefficient (Wildman–Crippen LogP) is 5.24. The second kappa shape index (κ2) is 14.4. The number of hydrogen-bond acceptors (Lipinski definition) is 4.